The maximum atomic E-state index is 12.7. The quantitative estimate of drug-likeness (QED) is 0.931. The van der Waals surface area contributed by atoms with Crippen LogP contribution in [0, 0.1) is 0 Å². The molecule has 1 N–H and O–H groups in total. The Morgan fingerprint density at radius 3 is 2.74 bits per heavy atom. The molecule has 0 radical (unpaired) electrons. The predicted molar refractivity (Wildman–Crippen MR) is 93.2 cm³/mol. The average Bonchev–Trinajstić information content (AvgIpc) is 2.56. The SMILES string of the molecule is CCn1cc(C(=O)NC2CCCCC2)c(=O)c2cc(Cl)ccc21. The summed E-state index contributed by atoms with van der Waals surface area (Å²) in [7, 11) is 0. The number of benzene rings is 1. The smallest absolute Gasteiger partial charge is 0.256 e. The van der Waals surface area contributed by atoms with Crippen LogP contribution < -0.4 is 10.7 Å². The molecule has 0 saturated heterocycles. The van der Waals surface area contributed by atoms with E-state index in [1.54, 1.807) is 18.3 Å². The van der Waals surface area contributed by atoms with Gasteiger partial charge in [-0.3, -0.25) is 9.59 Å². The third-order valence-electron chi connectivity index (χ3n) is 4.57. The molecule has 1 amide bonds. The van der Waals surface area contributed by atoms with E-state index < -0.39 is 0 Å². The number of carbonyl (C=O) groups excluding carboxylic acids is 1. The maximum Gasteiger partial charge on any atom is 0.256 e. The van der Waals surface area contributed by atoms with Crippen molar-refractivity contribution < 1.29 is 4.79 Å². The zero-order valence-electron chi connectivity index (χ0n) is 13.3. The highest BCUT2D eigenvalue weighted by Crippen LogP contribution is 2.19. The summed E-state index contributed by atoms with van der Waals surface area (Å²) in [6.07, 6.45) is 7.15. The van der Waals surface area contributed by atoms with Crippen LogP contribution in [0.15, 0.2) is 29.2 Å². The Kier molecular flexibility index (Phi) is 4.71. The van der Waals surface area contributed by atoms with E-state index in [1.165, 1.54) is 6.42 Å². The van der Waals surface area contributed by atoms with Crippen molar-refractivity contribution in [3.05, 3.63) is 45.2 Å². The topological polar surface area (TPSA) is 51.1 Å². The minimum Gasteiger partial charge on any atom is -0.349 e. The van der Waals surface area contributed by atoms with Gasteiger partial charge in [-0.1, -0.05) is 30.9 Å². The molecule has 23 heavy (non-hydrogen) atoms. The molecule has 1 aromatic heterocycles. The van der Waals surface area contributed by atoms with Crippen molar-refractivity contribution >= 4 is 28.4 Å². The van der Waals surface area contributed by atoms with Crippen molar-refractivity contribution in [1.29, 1.82) is 0 Å². The molecule has 5 heteroatoms. The van der Waals surface area contributed by atoms with Crippen molar-refractivity contribution in [2.45, 2.75) is 51.6 Å². The first kappa shape index (κ1) is 16.1. The molecule has 1 fully saturated rings. The normalized spacial score (nSPS) is 15.7. The number of aromatic nitrogens is 1. The zero-order chi connectivity index (χ0) is 16.4. The van der Waals surface area contributed by atoms with Crippen LogP contribution in [-0.2, 0) is 6.54 Å². The first-order valence-corrected chi connectivity index (χ1v) is 8.61. The molecule has 0 bridgehead atoms. The third kappa shape index (κ3) is 3.27. The lowest BCUT2D eigenvalue weighted by Gasteiger charge is -2.23. The van der Waals surface area contributed by atoms with E-state index in [0.29, 0.717) is 17.0 Å². The van der Waals surface area contributed by atoms with Gasteiger partial charge in [0.2, 0.25) is 5.43 Å². The molecule has 122 valence electrons. The number of pyridine rings is 1. The lowest BCUT2D eigenvalue weighted by atomic mass is 9.95. The van der Waals surface area contributed by atoms with Crippen LogP contribution in [0.25, 0.3) is 10.9 Å². The largest absolute Gasteiger partial charge is 0.349 e. The van der Waals surface area contributed by atoms with Gasteiger partial charge in [-0.25, -0.2) is 0 Å². The Bertz CT molecular complexity index is 791. The van der Waals surface area contributed by atoms with Crippen molar-refractivity contribution in [1.82, 2.24) is 9.88 Å². The van der Waals surface area contributed by atoms with Crippen LogP contribution in [-0.4, -0.2) is 16.5 Å². The Morgan fingerprint density at radius 2 is 2.04 bits per heavy atom. The monoisotopic (exact) mass is 332 g/mol. The summed E-state index contributed by atoms with van der Waals surface area (Å²) in [5.41, 5.74) is 0.754. The van der Waals surface area contributed by atoms with E-state index in [0.717, 1.165) is 31.2 Å². The molecule has 0 unspecified atom stereocenters. The summed E-state index contributed by atoms with van der Waals surface area (Å²) in [6.45, 7) is 2.67. The fourth-order valence-corrected chi connectivity index (χ4v) is 3.48. The van der Waals surface area contributed by atoms with Crippen molar-refractivity contribution in [2.24, 2.45) is 0 Å². The van der Waals surface area contributed by atoms with Crippen LogP contribution >= 0.6 is 11.6 Å². The van der Waals surface area contributed by atoms with Gasteiger partial charge >= 0.3 is 0 Å². The third-order valence-corrected chi connectivity index (χ3v) is 4.80. The van der Waals surface area contributed by atoms with Gasteiger partial charge < -0.3 is 9.88 Å². The van der Waals surface area contributed by atoms with E-state index >= 15 is 0 Å². The van der Waals surface area contributed by atoms with Gasteiger partial charge in [0.05, 0.1) is 5.52 Å². The van der Waals surface area contributed by atoms with Crippen molar-refractivity contribution in [3.63, 3.8) is 0 Å². The van der Waals surface area contributed by atoms with E-state index in [4.69, 9.17) is 11.6 Å². The molecule has 1 saturated carbocycles. The summed E-state index contributed by atoms with van der Waals surface area (Å²) in [5, 5.41) is 4.02. The highest BCUT2D eigenvalue weighted by Gasteiger charge is 2.20. The van der Waals surface area contributed by atoms with E-state index in [-0.39, 0.29) is 22.9 Å². The molecule has 0 atom stereocenters. The standard InChI is InChI=1S/C18H21ClN2O2/c1-2-21-11-15(18(23)20-13-6-4-3-5-7-13)17(22)14-10-12(19)8-9-16(14)21/h8-11,13H,2-7H2,1H3,(H,20,23). The first-order chi connectivity index (χ1) is 11.1. The molecule has 1 aliphatic rings. The molecule has 1 aromatic carbocycles. The second kappa shape index (κ2) is 6.75. The Balaban J connectivity index is 2.01. The Hall–Kier alpha value is -1.81. The van der Waals surface area contributed by atoms with Gasteiger partial charge in [0.25, 0.3) is 5.91 Å². The molecule has 2 aromatic rings. The number of nitrogens with zero attached hydrogens (tertiary/aromatic N) is 1. The highest BCUT2D eigenvalue weighted by atomic mass is 35.5. The number of hydrogen-bond donors (Lipinski definition) is 1. The summed E-state index contributed by atoms with van der Waals surface area (Å²) < 4.78 is 1.92. The Morgan fingerprint density at radius 1 is 1.30 bits per heavy atom. The second-order valence-electron chi connectivity index (χ2n) is 6.13. The Labute approximate surface area is 140 Å². The number of amides is 1. The van der Waals surface area contributed by atoms with Crippen LogP contribution in [0.5, 0.6) is 0 Å². The number of halogens is 1. The zero-order valence-corrected chi connectivity index (χ0v) is 14.0. The molecular formula is C18H21ClN2O2. The van der Waals surface area contributed by atoms with Gasteiger partial charge in [0, 0.05) is 29.2 Å². The number of hydrogen-bond acceptors (Lipinski definition) is 2. The first-order valence-electron chi connectivity index (χ1n) is 8.23. The van der Waals surface area contributed by atoms with E-state index in [1.807, 2.05) is 17.6 Å². The van der Waals surface area contributed by atoms with Crippen LogP contribution in [0.3, 0.4) is 0 Å². The van der Waals surface area contributed by atoms with Gasteiger partial charge in [0.15, 0.2) is 0 Å². The molecule has 0 aliphatic heterocycles. The minimum absolute atomic E-state index is 0.181. The number of rotatable bonds is 3. The van der Waals surface area contributed by atoms with Crippen LogP contribution in [0.4, 0.5) is 0 Å². The number of aryl methyl sites for hydroxylation is 1. The summed E-state index contributed by atoms with van der Waals surface area (Å²) in [6, 6.07) is 5.41. The molecule has 3 rings (SSSR count). The van der Waals surface area contributed by atoms with E-state index in [2.05, 4.69) is 5.32 Å². The van der Waals surface area contributed by atoms with E-state index in [9.17, 15) is 9.59 Å². The van der Waals surface area contributed by atoms with Crippen molar-refractivity contribution in [3.8, 4) is 0 Å². The lowest BCUT2D eigenvalue weighted by molar-refractivity contribution is 0.0926. The molecule has 1 heterocycles. The number of fused-ring (bicyclic) bond motifs is 1. The van der Waals surface area contributed by atoms with Gasteiger partial charge in [0.1, 0.15) is 5.56 Å². The fraction of sp³-hybridized carbons (Fsp3) is 0.444. The predicted octanol–water partition coefficient (Wildman–Crippen LogP) is 3.74. The summed E-state index contributed by atoms with van der Waals surface area (Å²) in [5.74, 6) is -0.272. The molecular weight excluding hydrogens is 312 g/mol. The van der Waals surface area contributed by atoms with Gasteiger partial charge in [-0.2, -0.15) is 0 Å². The van der Waals surface area contributed by atoms with Crippen molar-refractivity contribution in [2.75, 3.05) is 0 Å². The minimum atomic E-state index is -0.272. The maximum absolute atomic E-state index is 12.7. The van der Waals surface area contributed by atoms with Gasteiger partial charge in [-0.15, -0.1) is 0 Å². The fourth-order valence-electron chi connectivity index (χ4n) is 3.30. The van der Waals surface area contributed by atoms with Crippen LogP contribution in [0.2, 0.25) is 5.02 Å². The van der Waals surface area contributed by atoms with Gasteiger partial charge in [-0.05, 0) is 38.0 Å². The molecule has 0 spiro atoms. The molecule has 1 aliphatic carbocycles. The second-order valence-corrected chi connectivity index (χ2v) is 6.56. The molecule has 4 nitrogen and oxygen atoms in total. The summed E-state index contributed by atoms with van der Waals surface area (Å²) in [4.78, 5) is 25.3. The summed E-state index contributed by atoms with van der Waals surface area (Å²) >= 11 is 6.03. The van der Waals surface area contributed by atoms with Crippen LogP contribution in [0.1, 0.15) is 49.4 Å². The number of carbonyl (C=O) groups is 1. The number of nitrogens with one attached hydrogen (secondary N) is 1. The average molecular weight is 333 g/mol. The lowest BCUT2D eigenvalue weighted by Crippen LogP contribution is -2.38. The highest BCUT2D eigenvalue weighted by molar-refractivity contribution is 6.31.